The number of carbonyl (C=O) groups is 1. The third-order valence-corrected chi connectivity index (χ3v) is 3.80. The molecule has 2 aromatic rings. The van der Waals surface area contributed by atoms with Crippen molar-refractivity contribution in [1.82, 2.24) is 5.32 Å². The van der Waals surface area contributed by atoms with E-state index >= 15 is 0 Å². The quantitative estimate of drug-likeness (QED) is 0.489. The van der Waals surface area contributed by atoms with Crippen molar-refractivity contribution in [3.8, 4) is 0 Å². The van der Waals surface area contributed by atoms with Crippen molar-refractivity contribution < 1.29 is 9.72 Å². The predicted molar refractivity (Wildman–Crippen MR) is 97.7 cm³/mol. The number of nitrogens with zero attached hydrogens (tertiary/aromatic N) is 1. The van der Waals surface area contributed by atoms with Crippen LogP contribution in [0.4, 0.5) is 11.4 Å². The highest BCUT2D eigenvalue weighted by Gasteiger charge is 2.14. The van der Waals surface area contributed by atoms with Crippen LogP contribution in [-0.2, 0) is 0 Å². The number of non-ortho nitro benzene ring substituents is 1. The highest BCUT2D eigenvalue weighted by molar-refractivity contribution is 7.80. The molecular formula is C16H14ClN3O3S. The molecule has 0 radical (unpaired) electrons. The molecule has 2 rings (SSSR count). The number of nitrogens with one attached hydrogen (secondary N) is 2. The summed E-state index contributed by atoms with van der Waals surface area (Å²) in [4.78, 5) is 22.5. The smallest absolute Gasteiger partial charge is 0.271 e. The van der Waals surface area contributed by atoms with Crippen molar-refractivity contribution in [2.45, 2.75) is 13.8 Å². The SMILES string of the molecule is Cc1ccc(C(=O)NC(=S)Nc2cc([N+](=O)[O-])ccc2Cl)c(C)c1. The fourth-order valence-electron chi connectivity index (χ4n) is 2.11. The Morgan fingerprint density at radius 3 is 2.54 bits per heavy atom. The summed E-state index contributed by atoms with van der Waals surface area (Å²) in [6.07, 6.45) is 0. The summed E-state index contributed by atoms with van der Waals surface area (Å²) < 4.78 is 0. The van der Waals surface area contributed by atoms with Gasteiger partial charge in [-0.25, -0.2) is 0 Å². The molecule has 0 saturated heterocycles. The third kappa shape index (κ3) is 4.27. The topological polar surface area (TPSA) is 84.3 Å². The van der Waals surface area contributed by atoms with Crippen molar-refractivity contribution in [3.05, 3.63) is 68.2 Å². The Morgan fingerprint density at radius 1 is 1.21 bits per heavy atom. The first-order valence-electron chi connectivity index (χ1n) is 6.91. The number of hydrogen-bond acceptors (Lipinski definition) is 4. The van der Waals surface area contributed by atoms with Crippen LogP contribution in [0.1, 0.15) is 21.5 Å². The van der Waals surface area contributed by atoms with Crippen molar-refractivity contribution in [1.29, 1.82) is 0 Å². The van der Waals surface area contributed by atoms with E-state index < -0.39 is 4.92 Å². The van der Waals surface area contributed by atoms with Crippen molar-refractivity contribution in [2.75, 3.05) is 5.32 Å². The second-order valence-corrected chi connectivity index (χ2v) is 5.96. The molecule has 1 amide bonds. The molecule has 8 heteroatoms. The second kappa shape index (κ2) is 7.37. The number of nitro benzene ring substituents is 1. The lowest BCUT2D eigenvalue weighted by molar-refractivity contribution is -0.384. The molecule has 0 fully saturated rings. The number of carbonyl (C=O) groups excluding carboxylic acids is 1. The van der Waals surface area contributed by atoms with E-state index in [1.54, 1.807) is 6.07 Å². The number of nitro groups is 1. The summed E-state index contributed by atoms with van der Waals surface area (Å²) in [5, 5.41) is 16.3. The van der Waals surface area contributed by atoms with Gasteiger partial charge in [0.2, 0.25) is 0 Å². The minimum Gasteiger partial charge on any atom is -0.331 e. The molecule has 24 heavy (non-hydrogen) atoms. The van der Waals surface area contributed by atoms with Gasteiger partial charge in [-0.2, -0.15) is 0 Å². The number of aryl methyl sites for hydroxylation is 2. The second-order valence-electron chi connectivity index (χ2n) is 5.15. The maximum Gasteiger partial charge on any atom is 0.271 e. The Labute approximate surface area is 149 Å². The summed E-state index contributed by atoms with van der Waals surface area (Å²) in [6, 6.07) is 9.35. The van der Waals surface area contributed by atoms with Gasteiger partial charge >= 0.3 is 0 Å². The lowest BCUT2D eigenvalue weighted by Gasteiger charge is -2.12. The third-order valence-electron chi connectivity index (χ3n) is 3.26. The van der Waals surface area contributed by atoms with Crippen molar-refractivity contribution in [3.63, 3.8) is 0 Å². The Morgan fingerprint density at radius 2 is 1.92 bits per heavy atom. The van der Waals surface area contributed by atoms with Gasteiger partial charge in [-0.1, -0.05) is 29.3 Å². The molecule has 0 saturated carbocycles. The average molecular weight is 364 g/mol. The lowest BCUT2D eigenvalue weighted by Crippen LogP contribution is -2.34. The molecule has 2 N–H and O–H groups in total. The Bertz CT molecular complexity index is 839. The monoisotopic (exact) mass is 363 g/mol. The van der Waals surface area contributed by atoms with E-state index in [4.69, 9.17) is 23.8 Å². The average Bonchev–Trinajstić information content (AvgIpc) is 2.48. The molecule has 0 unspecified atom stereocenters. The number of thiocarbonyl (C=S) groups is 1. The fourth-order valence-corrected chi connectivity index (χ4v) is 2.48. The van der Waals surface area contributed by atoms with Crippen molar-refractivity contribution >= 4 is 46.2 Å². The minimum absolute atomic E-state index is 0.00220. The van der Waals surface area contributed by atoms with Crippen LogP contribution < -0.4 is 10.6 Å². The first-order chi connectivity index (χ1) is 11.3. The molecule has 6 nitrogen and oxygen atoms in total. The highest BCUT2D eigenvalue weighted by Crippen LogP contribution is 2.26. The van der Waals surface area contributed by atoms with Crippen LogP contribution in [0.25, 0.3) is 0 Å². The highest BCUT2D eigenvalue weighted by atomic mass is 35.5. The molecule has 0 aliphatic heterocycles. The molecular weight excluding hydrogens is 350 g/mol. The summed E-state index contributed by atoms with van der Waals surface area (Å²) in [5.41, 5.74) is 2.48. The molecule has 0 heterocycles. The number of rotatable bonds is 3. The van der Waals surface area contributed by atoms with Crippen LogP contribution in [0.15, 0.2) is 36.4 Å². The van der Waals surface area contributed by atoms with Crippen LogP contribution in [0, 0.1) is 24.0 Å². The summed E-state index contributed by atoms with van der Waals surface area (Å²) in [6.45, 7) is 3.76. The van der Waals surface area contributed by atoms with E-state index in [-0.39, 0.29) is 27.4 Å². The molecule has 124 valence electrons. The zero-order valence-electron chi connectivity index (χ0n) is 12.9. The van der Waals surface area contributed by atoms with Crippen LogP contribution >= 0.6 is 23.8 Å². The van der Waals surface area contributed by atoms with E-state index in [9.17, 15) is 14.9 Å². The minimum atomic E-state index is -0.543. The van der Waals surface area contributed by atoms with Gasteiger partial charge in [0.1, 0.15) is 0 Å². The number of hydrogen-bond donors (Lipinski definition) is 2. The predicted octanol–water partition coefficient (Wildman–Crippen LogP) is 3.99. The zero-order chi connectivity index (χ0) is 17.9. The van der Waals surface area contributed by atoms with E-state index in [0.29, 0.717) is 5.56 Å². The largest absolute Gasteiger partial charge is 0.331 e. The van der Waals surface area contributed by atoms with Crippen LogP contribution in [-0.4, -0.2) is 15.9 Å². The van der Waals surface area contributed by atoms with Gasteiger partial charge in [0.05, 0.1) is 15.6 Å². The Hall–Kier alpha value is -2.51. The molecule has 0 atom stereocenters. The van der Waals surface area contributed by atoms with Gasteiger partial charge in [-0.05, 0) is 43.8 Å². The van der Waals surface area contributed by atoms with Crippen LogP contribution in [0.3, 0.4) is 0 Å². The Kier molecular flexibility index (Phi) is 5.48. The first kappa shape index (κ1) is 17.8. The number of halogens is 1. The van der Waals surface area contributed by atoms with Gasteiger partial charge < -0.3 is 5.32 Å². The van der Waals surface area contributed by atoms with Gasteiger partial charge in [-0.3, -0.25) is 20.2 Å². The van der Waals surface area contributed by atoms with Crippen LogP contribution in [0.5, 0.6) is 0 Å². The molecule has 0 aliphatic rings. The summed E-state index contributed by atoms with van der Waals surface area (Å²) in [7, 11) is 0. The first-order valence-corrected chi connectivity index (χ1v) is 7.70. The normalized spacial score (nSPS) is 10.1. The van der Waals surface area contributed by atoms with Gasteiger partial charge in [0.15, 0.2) is 5.11 Å². The van der Waals surface area contributed by atoms with Gasteiger partial charge in [0, 0.05) is 17.7 Å². The number of anilines is 1. The molecule has 0 aliphatic carbocycles. The van der Waals surface area contributed by atoms with E-state index in [0.717, 1.165) is 11.1 Å². The van der Waals surface area contributed by atoms with E-state index in [1.807, 2.05) is 26.0 Å². The molecule has 0 bridgehead atoms. The zero-order valence-corrected chi connectivity index (χ0v) is 14.5. The Balaban J connectivity index is 2.12. The van der Waals surface area contributed by atoms with Gasteiger partial charge in [-0.15, -0.1) is 0 Å². The molecule has 2 aromatic carbocycles. The van der Waals surface area contributed by atoms with Crippen LogP contribution in [0.2, 0.25) is 5.02 Å². The number of benzene rings is 2. The maximum absolute atomic E-state index is 12.3. The van der Waals surface area contributed by atoms with E-state index in [1.165, 1.54) is 18.2 Å². The summed E-state index contributed by atoms with van der Waals surface area (Å²) >= 11 is 11.1. The lowest BCUT2D eigenvalue weighted by atomic mass is 10.1. The van der Waals surface area contributed by atoms with E-state index in [2.05, 4.69) is 10.6 Å². The van der Waals surface area contributed by atoms with Crippen molar-refractivity contribution in [2.24, 2.45) is 0 Å². The standard InChI is InChI=1S/C16H14ClN3O3S/c1-9-3-5-12(10(2)7-9)15(21)19-16(24)18-14-8-11(20(22)23)4-6-13(14)17/h3-8H,1-2H3,(H2,18,19,21,24). The molecule has 0 spiro atoms. The van der Waals surface area contributed by atoms with Gasteiger partial charge in [0.25, 0.3) is 11.6 Å². The number of amides is 1. The summed E-state index contributed by atoms with van der Waals surface area (Å²) in [5.74, 6) is -0.369. The fraction of sp³-hybridized carbons (Fsp3) is 0.125. The molecule has 0 aromatic heterocycles. The maximum atomic E-state index is 12.3.